The van der Waals surface area contributed by atoms with Crippen LogP contribution in [0, 0.1) is 0 Å². The molecule has 0 saturated carbocycles. The third-order valence-corrected chi connectivity index (χ3v) is 5.78. The molecule has 0 aliphatic carbocycles. The molecule has 0 aromatic heterocycles. The molecule has 2 aliphatic rings. The van der Waals surface area contributed by atoms with E-state index >= 15 is 0 Å². The number of carbonyl (C=O) groups excluding carboxylic acids is 4. The molecule has 4 amide bonds. The minimum Gasteiger partial charge on any atom is -0.346 e. The van der Waals surface area contributed by atoms with Crippen molar-refractivity contribution in [1.82, 2.24) is 15.5 Å². The molecule has 2 aromatic carbocycles. The molecule has 0 bridgehead atoms. The van der Waals surface area contributed by atoms with Crippen LogP contribution in [-0.2, 0) is 33.4 Å². The molecule has 7 nitrogen and oxygen atoms in total. The number of nitrogens with one attached hydrogen (secondary N) is 2. The minimum absolute atomic E-state index is 0.148. The fourth-order valence-corrected chi connectivity index (χ4v) is 3.95. The van der Waals surface area contributed by atoms with Crippen molar-refractivity contribution in [3.8, 4) is 0 Å². The number of imide groups is 1. The minimum atomic E-state index is -3.74. The van der Waals surface area contributed by atoms with Crippen LogP contribution in [0.1, 0.15) is 39.9 Å². The number of hydrogen-bond acceptors (Lipinski definition) is 4. The average Bonchev–Trinajstić information content (AvgIpc) is 3.08. The van der Waals surface area contributed by atoms with Gasteiger partial charge in [0.1, 0.15) is 6.04 Å². The SMILES string of the molecule is O=C1CC[C@H](N2Cc3cc(CNC(=O)C(F)(F)c4ccc(Cl)cc4)ccc3C2=O)C(=O)N1. The Hall–Kier alpha value is -3.33. The molecule has 32 heavy (non-hydrogen) atoms. The quantitative estimate of drug-likeness (QED) is 0.669. The van der Waals surface area contributed by atoms with Gasteiger partial charge in [-0.05, 0) is 35.7 Å². The number of halogens is 3. The summed E-state index contributed by atoms with van der Waals surface area (Å²) in [4.78, 5) is 49.7. The summed E-state index contributed by atoms with van der Waals surface area (Å²) in [6.07, 6.45) is 0.392. The van der Waals surface area contributed by atoms with Gasteiger partial charge in [0.2, 0.25) is 11.8 Å². The van der Waals surface area contributed by atoms with E-state index in [1.54, 1.807) is 18.2 Å². The van der Waals surface area contributed by atoms with E-state index in [0.717, 1.165) is 12.1 Å². The highest BCUT2D eigenvalue weighted by molar-refractivity contribution is 6.30. The van der Waals surface area contributed by atoms with Crippen LogP contribution in [0.3, 0.4) is 0 Å². The Morgan fingerprint density at radius 1 is 1.16 bits per heavy atom. The molecule has 2 heterocycles. The summed E-state index contributed by atoms with van der Waals surface area (Å²) < 4.78 is 28.8. The highest BCUT2D eigenvalue weighted by Crippen LogP contribution is 2.30. The van der Waals surface area contributed by atoms with Crippen molar-refractivity contribution in [2.24, 2.45) is 0 Å². The zero-order chi connectivity index (χ0) is 23.0. The fourth-order valence-electron chi connectivity index (χ4n) is 3.82. The van der Waals surface area contributed by atoms with Crippen LogP contribution in [0.5, 0.6) is 0 Å². The predicted octanol–water partition coefficient (Wildman–Crippen LogP) is 2.51. The molecule has 2 N–H and O–H groups in total. The van der Waals surface area contributed by atoms with Gasteiger partial charge in [-0.15, -0.1) is 0 Å². The number of fused-ring (bicyclic) bond motifs is 1. The molecular formula is C22H18ClF2N3O4. The average molecular weight is 462 g/mol. The lowest BCUT2D eigenvalue weighted by atomic mass is 10.0. The van der Waals surface area contributed by atoms with Crippen LogP contribution in [0.15, 0.2) is 42.5 Å². The molecule has 1 atom stereocenters. The Kier molecular flexibility index (Phi) is 5.68. The van der Waals surface area contributed by atoms with E-state index in [2.05, 4.69) is 10.6 Å². The summed E-state index contributed by atoms with van der Waals surface area (Å²) in [6, 6.07) is 8.74. The van der Waals surface area contributed by atoms with Gasteiger partial charge in [0.05, 0.1) is 0 Å². The second-order valence-electron chi connectivity index (χ2n) is 7.66. The van der Waals surface area contributed by atoms with Gasteiger partial charge < -0.3 is 10.2 Å². The van der Waals surface area contributed by atoms with Crippen LogP contribution in [0.4, 0.5) is 8.78 Å². The van der Waals surface area contributed by atoms with Gasteiger partial charge in [-0.25, -0.2) is 0 Å². The molecule has 10 heteroatoms. The molecule has 0 radical (unpaired) electrons. The molecule has 1 saturated heterocycles. The normalized spacial score (nSPS) is 18.4. The van der Waals surface area contributed by atoms with Crippen molar-refractivity contribution in [2.75, 3.05) is 0 Å². The Morgan fingerprint density at radius 3 is 2.56 bits per heavy atom. The van der Waals surface area contributed by atoms with Gasteiger partial charge in [0.25, 0.3) is 11.8 Å². The van der Waals surface area contributed by atoms with E-state index in [9.17, 15) is 28.0 Å². The van der Waals surface area contributed by atoms with E-state index in [1.165, 1.54) is 17.0 Å². The monoisotopic (exact) mass is 461 g/mol. The number of nitrogens with zero attached hydrogens (tertiary/aromatic N) is 1. The number of amides is 4. The Labute approximate surface area is 186 Å². The summed E-state index contributed by atoms with van der Waals surface area (Å²) in [7, 11) is 0. The van der Waals surface area contributed by atoms with Gasteiger partial charge in [0.15, 0.2) is 0 Å². The van der Waals surface area contributed by atoms with Crippen molar-refractivity contribution in [3.63, 3.8) is 0 Å². The summed E-state index contributed by atoms with van der Waals surface area (Å²) in [5, 5.41) is 4.73. The standard InChI is InChI=1S/C22H18ClF2N3O4/c23-15-4-2-14(3-5-15)22(24,25)21(32)26-10-12-1-6-16-13(9-12)11-28(20(16)31)17-7-8-18(29)27-19(17)30/h1-6,9,17H,7-8,10-11H2,(H,26,32)(H,27,29,30)/t17-/m0/s1. The Balaban J connectivity index is 1.43. The molecule has 2 aliphatic heterocycles. The maximum Gasteiger partial charge on any atom is 0.349 e. The maximum atomic E-state index is 14.4. The number of alkyl halides is 2. The van der Waals surface area contributed by atoms with Crippen LogP contribution in [0.2, 0.25) is 5.02 Å². The van der Waals surface area contributed by atoms with E-state index in [-0.39, 0.29) is 42.8 Å². The largest absolute Gasteiger partial charge is 0.349 e. The number of carbonyl (C=O) groups is 4. The van der Waals surface area contributed by atoms with Gasteiger partial charge in [-0.2, -0.15) is 8.78 Å². The molecule has 0 spiro atoms. The van der Waals surface area contributed by atoms with Crippen LogP contribution in [-0.4, -0.2) is 34.6 Å². The Bertz CT molecular complexity index is 1120. The zero-order valence-electron chi connectivity index (χ0n) is 16.7. The lowest BCUT2D eigenvalue weighted by Gasteiger charge is -2.29. The van der Waals surface area contributed by atoms with E-state index in [0.29, 0.717) is 16.7 Å². The van der Waals surface area contributed by atoms with Crippen molar-refractivity contribution >= 4 is 35.2 Å². The summed E-state index contributed by atoms with van der Waals surface area (Å²) in [6.45, 7) is -0.00886. The Morgan fingerprint density at radius 2 is 1.88 bits per heavy atom. The van der Waals surface area contributed by atoms with E-state index in [1.807, 2.05) is 0 Å². The number of benzene rings is 2. The van der Waals surface area contributed by atoms with Crippen LogP contribution in [0.25, 0.3) is 0 Å². The lowest BCUT2D eigenvalue weighted by molar-refractivity contribution is -0.147. The van der Waals surface area contributed by atoms with Crippen molar-refractivity contribution in [2.45, 2.75) is 37.9 Å². The van der Waals surface area contributed by atoms with Gasteiger partial charge in [-0.1, -0.05) is 35.9 Å². The number of rotatable bonds is 5. The smallest absolute Gasteiger partial charge is 0.346 e. The predicted molar refractivity (Wildman–Crippen MR) is 110 cm³/mol. The first-order valence-electron chi connectivity index (χ1n) is 9.85. The van der Waals surface area contributed by atoms with Gasteiger partial charge >= 0.3 is 5.92 Å². The first-order valence-corrected chi connectivity index (χ1v) is 10.2. The topological polar surface area (TPSA) is 95.6 Å². The summed E-state index contributed by atoms with van der Waals surface area (Å²) in [5.41, 5.74) is 1.08. The van der Waals surface area contributed by atoms with Crippen LogP contribution < -0.4 is 10.6 Å². The van der Waals surface area contributed by atoms with Crippen molar-refractivity contribution < 1.29 is 28.0 Å². The number of piperidine rings is 1. The fraction of sp³-hybridized carbons (Fsp3) is 0.273. The highest BCUT2D eigenvalue weighted by Gasteiger charge is 2.41. The van der Waals surface area contributed by atoms with E-state index in [4.69, 9.17) is 11.6 Å². The van der Waals surface area contributed by atoms with Gasteiger partial charge in [-0.3, -0.25) is 24.5 Å². The second-order valence-corrected chi connectivity index (χ2v) is 8.09. The third kappa shape index (κ3) is 4.08. The van der Waals surface area contributed by atoms with Gasteiger partial charge in [0, 0.05) is 35.7 Å². The van der Waals surface area contributed by atoms with Crippen LogP contribution >= 0.6 is 11.6 Å². The zero-order valence-corrected chi connectivity index (χ0v) is 17.4. The molecule has 4 rings (SSSR count). The first kappa shape index (κ1) is 21.9. The molecule has 0 unspecified atom stereocenters. The van der Waals surface area contributed by atoms with Crippen molar-refractivity contribution in [3.05, 3.63) is 69.7 Å². The number of hydrogen-bond donors (Lipinski definition) is 2. The maximum absolute atomic E-state index is 14.4. The second kappa shape index (κ2) is 8.31. The third-order valence-electron chi connectivity index (χ3n) is 5.53. The lowest BCUT2D eigenvalue weighted by Crippen LogP contribution is -2.52. The highest BCUT2D eigenvalue weighted by atomic mass is 35.5. The van der Waals surface area contributed by atoms with Crippen molar-refractivity contribution in [1.29, 1.82) is 0 Å². The summed E-state index contributed by atoms with van der Waals surface area (Å²) in [5.74, 6) is -6.41. The molecule has 166 valence electrons. The van der Waals surface area contributed by atoms with E-state index < -0.39 is 29.3 Å². The molecular weight excluding hydrogens is 444 g/mol. The molecule has 2 aromatic rings. The molecule has 1 fully saturated rings. The first-order chi connectivity index (χ1) is 15.2. The summed E-state index contributed by atoms with van der Waals surface area (Å²) >= 11 is 5.70.